The van der Waals surface area contributed by atoms with Gasteiger partial charge in [0.2, 0.25) is 5.91 Å². The number of hydrogen-bond acceptors (Lipinski definition) is 4. The molecule has 1 aromatic heterocycles. The van der Waals surface area contributed by atoms with Crippen LogP contribution in [-0.4, -0.2) is 72.0 Å². The third-order valence-electron chi connectivity index (χ3n) is 6.18. The Morgan fingerprint density at radius 3 is 2.23 bits per heavy atom. The van der Waals surface area contributed by atoms with Crippen molar-refractivity contribution in [3.8, 4) is 0 Å². The van der Waals surface area contributed by atoms with E-state index >= 15 is 0 Å². The summed E-state index contributed by atoms with van der Waals surface area (Å²) < 4.78 is 0. The number of nitrogens with zero attached hydrogens (tertiary/aromatic N) is 4. The molecule has 7 nitrogen and oxygen atoms in total. The first-order chi connectivity index (χ1) is 14.2. The van der Waals surface area contributed by atoms with Gasteiger partial charge >= 0.3 is 6.03 Å². The fourth-order valence-electron chi connectivity index (χ4n) is 4.48. The van der Waals surface area contributed by atoms with Crippen LogP contribution in [0.4, 0.5) is 10.5 Å². The van der Waals surface area contributed by atoms with Crippen LogP contribution in [0.2, 0.25) is 0 Å². The maximum Gasteiger partial charge on any atom is 0.317 e. The van der Waals surface area contributed by atoms with E-state index < -0.39 is 0 Å². The normalized spacial score (nSPS) is 22.5. The molecule has 30 heavy (non-hydrogen) atoms. The van der Waals surface area contributed by atoms with Gasteiger partial charge in [-0.1, -0.05) is 0 Å². The van der Waals surface area contributed by atoms with E-state index in [2.05, 4.69) is 15.2 Å². The lowest BCUT2D eigenvalue weighted by Crippen LogP contribution is -2.51. The van der Waals surface area contributed by atoms with Crippen molar-refractivity contribution in [3.63, 3.8) is 0 Å². The maximum absolute atomic E-state index is 13.0. The highest BCUT2D eigenvalue weighted by Crippen LogP contribution is 2.31. The summed E-state index contributed by atoms with van der Waals surface area (Å²) in [5.41, 5.74) is 0.953. The Hall–Kier alpha value is -2.31. The summed E-state index contributed by atoms with van der Waals surface area (Å²) in [5.74, 6) is 0.942. The Morgan fingerprint density at radius 1 is 1.07 bits per heavy atom. The van der Waals surface area contributed by atoms with Gasteiger partial charge in [0.1, 0.15) is 0 Å². The van der Waals surface area contributed by atoms with E-state index in [4.69, 9.17) is 0 Å². The maximum atomic E-state index is 13.0. The Balaban J connectivity index is 1.41. The van der Waals surface area contributed by atoms with Gasteiger partial charge in [-0.05, 0) is 64.5 Å². The van der Waals surface area contributed by atoms with Crippen LogP contribution in [0.3, 0.4) is 0 Å². The molecule has 1 saturated heterocycles. The number of anilines is 1. The molecule has 0 spiro atoms. The fourth-order valence-corrected chi connectivity index (χ4v) is 4.48. The lowest BCUT2D eigenvalue weighted by Gasteiger charge is -2.39. The highest BCUT2D eigenvalue weighted by molar-refractivity contribution is 5.79. The van der Waals surface area contributed by atoms with Crippen molar-refractivity contribution in [1.82, 2.24) is 20.1 Å². The molecule has 7 heteroatoms. The van der Waals surface area contributed by atoms with E-state index in [-0.39, 0.29) is 17.5 Å². The number of pyridine rings is 1. The first-order valence-corrected chi connectivity index (χ1v) is 11.2. The largest absolute Gasteiger partial charge is 0.368 e. The van der Waals surface area contributed by atoms with Crippen molar-refractivity contribution in [2.75, 3.05) is 44.7 Å². The van der Waals surface area contributed by atoms with Crippen LogP contribution in [0, 0.1) is 11.8 Å². The molecular weight excluding hydrogens is 378 g/mol. The van der Waals surface area contributed by atoms with Crippen molar-refractivity contribution in [2.24, 2.45) is 11.8 Å². The van der Waals surface area contributed by atoms with Crippen molar-refractivity contribution >= 4 is 17.6 Å². The molecule has 1 saturated carbocycles. The Bertz CT molecular complexity index is 702. The Morgan fingerprint density at radius 2 is 1.67 bits per heavy atom. The third-order valence-corrected chi connectivity index (χ3v) is 6.18. The zero-order valence-corrected chi connectivity index (χ0v) is 18.9. The summed E-state index contributed by atoms with van der Waals surface area (Å²) in [4.78, 5) is 35.5. The molecule has 3 amide bonds. The van der Waals surface area contributed by atoms with Crippen LogP contribution in [0.5, 0.6) is 0 Å². The van der Waals surface area contributed by atoms with Crippen molar-refractivity contribution in [3.05, 3.63) is 24.5 Å². The molecule has 0 atom stereocenters. The van der Waals surface area contributed by atoms with Gasteiger partial charge in [0, 0.05) is 69.3 Å². The molecule has 0 radical (unpaired) electrons. The minimum absolute atomic E-state index is 0.0206. The second-order valence-corrected chi connectivity index (χ2v) is 9.80. The van der Waals surface area contributed by atoms with Crippen LogP contribution < -0.4 is 10.2 Å². The number of nitrogens with one attached hydrogen (secondary N) is 1. The zero-order valence-electron chi connectivity index (χ0n) is 18.9. The predicted octanol–water partition coefficient (Wildman–Crippen LogP) is 2.98. The summed E-state index contributed by atoms with van der Waals surface area (Å²) in [6, 6.07) is 4.03. The lowest BCUT2D eigenvalue weighted by atomic mass is 9.81. The minimum Gasteiger partial charge on any atom is -0.368 e. The number of carbonyl (C=O) groups is 2. The molecule has 0 unspecified atom stereocenters. The number of urea groups is 1. The number of hydrogen-bond donors (Lipinski definition) is 1. The number of piperazine rings is 1. The molecule has 1 N–H and O–H groups in total. The number of rotatable bonds is 4. The van der Waals surface area contributed by atoms with Gasteiger partial charge in [-0.2, -0.15) is 0 Å². The van der Waals surface area contributed by atoms with E-state index in [0.717, 1.165) is 58.4 Å². The topological polar surface area (TPSA) is 68.8 Å². The molecular formula is C23H37N5O2. The van der Waals surface area contributed by atoms with Gasteiger partial charge in [-0.3, -0.25) is 9.78 Å². The number of amides is 3. The third kappa shape index (κ3) is 6.09. The van der Waals surface area contributed by atoms with Gasteiger partial charge in [0.15, 0.2) is 0 Å². The van der Waals surface area contributed by atoms with Crippen LogP contribution in [0.25, 0.3) is 0 Å². The van der Waals surface area contributed by atoms with Crippen molar-refractivity contribution in [2.45, 2.75) is 52.0 Å². The highest BCUT2D eigenvalue weighted by Gasteiger charge is 2.32. The summed E-state index contributed by atoms with van der Waals surface area (Å²) in [6.45, 7) is 10.1. The second kappa shape index (κ2) is 9.67. The van der Waals surface area contributed by atoms with Crippen molar-refractivity contribution in [1.29, 1.82) is 0 Å². The lowest BCUT2D eigenvalue weighted by molar-refractivity contribution is -0.137. The zero-order chi connectivity index (χ0) is 21.7. The van der Waals surface area contributed by atoms with Gasteiger partial charge < -0.3 is 20.0 Å². The smallest absolute Gasteiger partial charge is 0.317 e. The van der Waals surface area contributed by atoms with Crippen molar-refractivity contribution < 1.29 is 9.59 Å². The molecule has 0 bridgehead atoms. The van der Waals surface area contributed by atoms with Gasteiger partial charge in [0.05, 0.1) is 0 Å². The van der Waals surface area contributed by atoms with E-state index in [1.54, 1.807) is 4.90 Å². The van der Waals surface area contributed by atoms with E-state index in [9.17, 15) is 9.59 Å². The summed E-state index contributed by atoms with van der Waals surface area (Å²) in [5, 5.41) is 3.01. The first kappa shape index (κ1) is 22.4. The first-order valence-electron chi connectivity index (χ1n) is 11.2. The van der Waals surface area contributed by atoms with Crippen LogP contribution in [0.15, 0.2) is 24.5 Å². The van der Waals surface area contributed by atoms with E-state index in [0.29, 0.717) is 11.8 Å². The molecule has 2 fully saturated rings. The predicted molar refractivity (Wildman–Crippen MR) is 119 cm³/mol. The van der Waals surface area contributed by atoms with Crippen LogP contribution in [0.1, 0.15) is 46.5 Å². The van der Waals surface area contributed by atoms with E-state index in [1.807, 2.05) is 57.2 Å². The molecule has 166 valence electrons. The molecule has 2 aliphatic rings. The number of aromatic nitrogens is 1. The standard InChI is InChI=1S/C23H37N5O2/c1-23(2,3)25-22(30)26(4)17-18-5-7-19(8-6-18)21(29)28-15-13-27(14-16-28)20-9-11-24-12-10-20/h9-12,18-19H,5-8,13-17H2,1-4H3,(H,25,30). The molecule has 1 aliphatic carbocycles. The summed E-state index contributed by atoms with van der Waals surface area (Å²) in [7, 11) is 1.86. The minimum atomic E-state index is -0.225. The van der Waals surface area contributed by atoms with Crippen LogP contribution in [-0.2, 0) is 4.79 Å². The van der Waals surface area contributed by atoms with Gasteiger partial charge in [-0.25, -0.2) is 4.79 Å². The Labute approximate surface area is 180 Å². The van der Waals surface area contributed by atoms with Crippen LogP contribution >= 0.6 is 0 Å². The summed E-state index contributed by atoms with van der Waals surface area (Å²) >= 11 is 0. The molecule has 2 heterocycles. The average Bonchev–Trinajstić information content (AvgIpc) is 2.73. The quantitative estimate of drug-likeness (QED) is 0.821. The molecule has 1 aliphatic heterocycles. The Kier molecular flexibility index (Phi) is 7.21. The number of carbonyl (C=O) groups excluding carboxylic acids is 2. The molecule has 3 rings (SSSR count). The van der Waals surface area contributed by atoms with E-state index in [1.165, 1.54) is 5.69 Å². The molecule has 0 aromatic carbocycles. The van der Waals surface area contributed by atoms with Gasteiger partial charge in [0.25, 0.3) is 0 Å². The SMILES string of the molecule is CN(CC1CCC(C(=O)N2CCN(c3ccncc3)CC2)CC1)C(=O)NC(C)(C)C. The molecule has 1 aromatic rings. The summed E-state index contributed by atoms with van der Waals surface area (Å²) in [6.07, 6.45) is 7.53. The monoisotopic (exact) mass is 415 g/mol. The highest BCUT2D eigenvalue weighted by atomic mass is 16.2. The fraction of sp³-hybridized carbons (Fsp3) is 0.696. The second-order valence-electron chi connectivity index (χ2n) is 9.80. The van der Waals surface area contributed by atoms with Gasteiger partial charge in [-0.15, -0.1) is 0 Å². The average molecular weight is 416 g/mol.